The number of aromatic nitrogens is 2. The van der Waals surface area contributed by atoms with E-state index in [1.165, 1.54) is 5.56 Å². The van der Waals surface area contributed by atoms with Crippen molar-refractivity contribution in [1.29, 1.82) is 0 Å². The molecule has 1 aliphatic carbocycles. The van der Waals surface area contributed by atoms with Gasteiger partial charge in [-0.1, -0.05) is 38.0 Å². The molecule has 3 rings (SSSR count). The highest BCUT2D eigenvalue weighted by molar-refractivity contribution is 5.58. The number of anilines is 1. The molecule has 0 saturated carbocycles. The minimum Gasteiger partial charge on any atom is -0.363 e. The Morgan fingerprint density at radius 1 is 1.17 bits per heavy atom. The van der Waals surface area contributed by atoms with Crippen molar-refractivity contribution >= 4 is 11.9 Å². The Kier molecular flexibility index (Phi) is 3.92. The lowest BCUT2D eigenvalue weighted by Gasteiger charge is -2.24. The predicted molar refractivity (Wildman–Crippen MR) is 95.3 cm³/mol. The fourth-order valence-corrected chi connectivity index (χ4v) is 2.55. The van der Waals surface area contributed by atoms with Crippen LogP contribution in [0.5, 0.6) is 0 Å². The molecule has 0 radical (unpaired) electrons. The van der Waals surface area contributed by atoms with Gasteiger partial charge in [0.15, 0.2) is 0 Å². The standard InChI is InChI=1S/C20H21N3/c1-20(2)11-10-16-12-15(14-21-18(16)13-20)8-9-17-6-5-7-19(22-17)23(3)4/h5-7,10-12,14H,13H2,1-4H3. The number of hydrogen-bond donors (Lipinski definition) is 0. The summed E-state index contributed by atoms with van der Waals surface area (Å²) >= 11 is 0. The normalized spacial score (nSPS) is 14.6. The second kappa shape index (κ2) is 5.89. The molecule has 0 atom stereocenters. The molecule has 2 aromatic heterocycles. The van der Waals surface area contributed by atoms with Crippen molar-refractivity contribution in [2.75, 3.05) is 19.0 Å². The SMILES string of the molecule is CN(C)c1cccc(C#Cc2cnc3c(c2)C=CC(C)(C)C3)n1. The molecule has 0 saturated heterocycles. The molecular formula is C20H21N3. The summed E-state index contributed by atoms with van der Waals surface area (Å²) in [6.07, 6.45) is 7.23. The molecule has 23 heavy (non-hydrogen) atoms. The van der Waals surface area contributed by atoms with Gasteiger partial charge >= 0.3 is 0 Å². The highest BCUT2D eigenvalue weighted by Crippen LogP contribution is 2.30. The number of fused-ring (bicyclic) bond motifs is 1. The average Bonchev–Trinajstić information content (AvgIpc) is 2.52. The Morgan fingerprint density at radius 3 is 2.78 bits per heavy atom. The zero-order valence-electron chi connectivity index (χ0n) is 14.1. The van der Waals surface area contributed by atoms with Crippen molar-refractivity contribution in [3.8, 4) is 11.8 Å². The van der Waals surface area contributed by atoms with Crippen molar-refractivity contribution in [1.82, 2.24) is 9.97 Å². The van der Waals surface area contributed by atoms with Crippen LogP contribution in [0.4, 0.5) is 5.82 Å². The first-order chi connectivity index (χ1) is 10.9. The average molecular weight is 303 g/mol. The lowest BCUT2D eigenvalue weighted by Crippen LogP contribution is -2.16. The van der Waals surface area contributed by atoms with Crippen LogP contribution in [0.25, 0.3) is 6.08 Å². The van der Waals surface area contributed by atoms with E-state index in [1.807, 2.05) is 43.4 Å². The quantitative estimate of drug-likeness (QED) is 0.755. The number of hydrogen-bond acceptors (Lipinski definition) is 3. The van der Waals surface area contributed by atoms with Gasteiger partial charge in [0.05, 0.1) is 0 Å². The second-order valence-corrected chi connectivity index (χ2v) is 6.78. The maximum absolute atomic E-state index is 4.59. The zero-order valence-corrected chi connectivity index (χ0v) is 14.1. The lowest BCUT2D eigenvalue weighted by molar-refractivity contribution is 0.468. The molecule has 0 fully saturated rings. The molecule has 0 N–H and O–H groups in total. The monoisotopic (exact) mass is 303 g/mol. The van der Waals surface area contributed by atoms with Gasteiger partial charge in [-0.15, -0.1) is 0 Å². The van der Waals surface area contributed by atoms with E-state index in [-0.39, 0.29) is 5.41 Å². The van der Waals surface area contributed by atoms with E-state index in [0.717, 1.165) is 29.2 Å². The molecule has 0 aliphatic heterocycles. The molecule has 3 nitrogen and oxygen atoms in total. The molecule has 0 unspecified atom stereocenters. The van der Waals surface area contributed by atoms with Crippen LogP contribution in [-0.2, 0) is 6.42 Å². The summed E-state index contributed by atoms with van der Waals surface area (Å²) < 4.78 is 0. The van der Waals surface area contributed by atoms with Crippen LogP contribution >= 0.6 is 0 Å². The minimum absolute atomic E-state index is 0.184. The van der Waals surface area contributed by atoms with Gasteiger partial charge in [-0.2, -0.15) is 0 Å². The number of allylic oxidation sites excluding steroid dienone is 1. The third-order valence-electron chi connectivity index (χ3n) is 3.87. The second-order valence-electron chi connectivity index (χ2n) is 6.78. The van der Waals surface area contributed by atoms with E-state index in [0.29, 0.717) is 0 Å². The van der Waals surface area contributed by atoms with Crippen LogP contribution < -0.4 is 4.90 Å². The largest absolute Gasteiger partial charge is 0.363 e. The molecule has 0 amide bonds. The van der Waals surface area contributed by atoms with Crippen LogP contribution in [0.2, 0.25) is 0 Å². The Bertz CT molecular complexity index is 820. The van der Waals surface area contributed by atoms with Crippen LogP contribution in [-0.4, -0.2) is 24.1 Å². The molecule has 116 valence electrons. The summed E-state index contributed by atoms with van der Waals surface area (Å²) in [5, 5.41) is 0. The summed E-state index contributed by atoms with van der Waals surface area (Å²) in [5.74, 6) is 7.21. The highest BCUT2D eigenvalue weighted by Gasteiger charge is 2.21. The van der Waals surface area contributed by atoms with Gasteiger partial charge < -0.3 is 4.90 Å². The summed E-state index contributed by atoms with van der Waals surface area (Å²) in [6, 6.07) is 7.98. The predicted octanol–water partition coefficient (Wildman–Crippen LogP) is 3.54. The van der Waals surface area contributed by atoms with E-state index >= 15 is 0 Å². The van der Waals surface area contributed by atoms with E-state index in [4.69, 9.17) is 0 Å². The Morgan fingerprint density at radius 2 is 2.00 bits per heavy atom. The number of pyridine rings is 2. The highest BCUT2D eigenvalue weighted by atomic mass is 15.1. The molecule has 0 aromatic carbocycles. The first-order valence-electron chi connectivity index (χ1n) is 7.77. The molecule has 2 aromatic rings. The fourth-order valence-electron chi connectivity index (χ4n) is 2.55. The van der Waals surface area contributed by atoms with Gasteiger partial charge in [-0.05, 0) is 41.5 Å². The van der Waals surface area contributed by atoms with Gasteiger partial charge in [-0.25, -0.2) is 4.98 Å². The lowest BCUT2D eigenvalue weighted by atomic mass is 9.81. The number of nitrogens with zero attached hydrogens (tertiary/aromatic N) is 3. The molecular weight excluding hydrogens is 282 g/mol. The fraction of sp³-hybridized carbons (Fsp3) is 0.300. The summed E-state index contributed by atoms with van der Waals surface area (Å²) in [4.78, 5) is 11.1. The molecule has 0 bridgehead atoms. The third-order valence-corrected chi connectivity index (χ3v) is 3.87. The van der Waals surface area contributed by atoms with Crippen LogP contribution in [0.1, 0.15) is 36.4 Å². The number of rotatable bonds is 1. The van der Waals surface area contributed by atoms with Crippen molar-refractivity contribution in [2.45, 2.75) is 20.3 Å². The van der Waals surface area contributed by atoms with Crippen molar-refractivity contribution in [2.24, 2.45) is 5.41 Å². The van der Waals surface area contributed by atoms with Gasteiger partial charge in [0.1, 0.15) is 11.5 Å². The van der Waals surface area contributed by atoms with E-state index in [1.54, 1.807) is 0 Å². The molecule has 1 aliphatic rings. The van der Waals surface area contributed by atoms with Gasteiger partial charge in [-0.3, -0.25) is 4.98 Å². The van der Waals surface area contributed by atoms with E-state index in [2.05, 4.69) is 53.9 Å². The maximum Gasteiger partial charge on any atom is 0.129 e. The Labute approximate surface area is 138 Å². The van der Waals surface area contributed by atoms with Crippen molar-refractivity contribution in [3.63, 3.8) is 0 Å². The first-order valence-corrected chi connectivity index (χ1v) is 7.77. The zero-order chi connectivity index (χ0) is 16.4. The summed E-state index contributed by atoms with van der Waals surface area (Å²) in [7, 11) is 3.95. The third kappa shape index (κ3) is 3.60. The van der Waals surface area contributed by atoms with Crippen LogP contribution in [0, 0.1) is 17.3 Å². The van der Waals surface area contributed by atoms with Gasteiger partial charge in [0.25, 0.3) is 0 Å². The summed E-state index contributed by atoms with van der Waals surface area (Å²) in [5.41, 5.74) is 4.20. The van der Waals surface area contributed by atoms with E-state index in [9.17, 15) is 0 Å². The van der Waals surface area contributed by atoms with Crippen molar-refractivity contribution in [3.05, 3.63) is 59.1 Å². The topological polar surface area (TPSA) is 29.0 Å². The van der Waals surface area contributed by atoms with Gasteiger partial charge in [0.2, 0.25) is 0 Å². The first kappa shape index (κ1) is 15.3. The minimum atomic E-state index is 0.184. The molecule has 0 spiro atoms. The van der Waals surface area contributed by atoms with Gasteiger partial charge in [0, 0.05) is 31.5 Å². The van der Waals surface area contributed by atoms with Crippen LogP contribution in [0.3, 0.4) is 0 Å². The maximum atomic E-state index is 4.59. The van der Waals surface area contributed by atoms with E-state index < -0.39 is 0 Å². The van der Waals surface area contributed by atoms with Crippen LogP contribution in [0.15, 0.2) is 36.5 Å². The molecule has 2 heterocycles. The Hall–Kier alpha value is -2.60. The smallest absolute Gasteiger partial charge is 0.129 e. The summed E-state index contributed by atoms with van der Waals surface area (Å²) in [6.45, 7) is 4.45. The Balaban J connectivity index is 1.87. The van der Waals surface area contributed by atoms with Crippen molar-refractivity contribution < 1.29 is 0 Å². The molecule has 3 heteroatoms.